The summed E-state index contributed by atoms with van der Waals surface area (Å²) in [6.45, 7) is 5.89. The topological polar surface area (TPSA) is 29.3 Å². The van der Waals surface area contributed by atoms with Crippen molar-refractivity contribution in [3.05, 3.63) is 29.8 Å². The van der Waals surface area contributed by atoms with Crippen molar-refractivity contribution in [2.24, 2.45) is 0 Å². The van der Waals surface area contributed by atoms with Crippen LogP contribution in [0, 0.1) is 0 Å². The second-order valence-electron chi connectivity index (χ2n) is 4.40. The van der Waals surface area contributed by atoms with Crippen molar-refractivity contribution < 1.29 is 0 Å². The van der Waals surface area contributed by atoms with Crippen LogP contribution in [0.5, 0.6) is 0 Å². The summed E-state index contributed by atoms with van der Waals surface area (Å²) in [6, 6.07) is 8.39. The Bertz CT molecular complexity index is 305. The smallest absolute Gasteiger partial charge is 0.0314 e. The van der Waals surface area contributed by atoms with E-state index in [1.54, 1.807) is 0 Å². The second kappa shape index (κ2) is 4.67. The van der Waals surface area contributed by atoms with Gasteiger partial charge in [0.1, 0.15) is 0 Å². The molecule has 2 heteroatoms. The van der Waals surface area contributed by atoms with Crippen LogP contribution in [0.4, 0.5) is 5.69 Å². The fourth-order valence-corrected chi connectivity index (χ4v) is 2.38. The molecular weight excluding hydrogens is 184 g/mol. The lowest BCUT2D eigenvalue weighted by molar-refractivity contribution is 0.218. The van der Waals surface area contributed by atoms with E-state index in [-0.39, 0.29) is 0 Å². The van der Waals surface area contributed by atoms with E-state index >= 15 is 0 Å². The van der Waals surface area contributed by atoms with E-state index in [2.05, 4.69) is 24.0 Å². The Morgan fingerprint density at radius 1 is 1.33 bits per heavy atom. The summed E-state index contributed by atoms with van der Waals surface area (Å²) in [5.74, 6) is 0.708. The summed E-state index contributed by atoms with van der Waals surface area (Å²) in [5.41, 5.74) is 8.01. The minimum atomic E-state index is 0.708. The SMILES string of the molecule is CCN1CCCC(c2ccc(N)cc2)C1. The van der Waals surface area contributed by atoms with Crippen LogP contribution in [-0.4, -0.2) is 24.5 Å². The third kappa shape index (κ3) is 2.51. The van der Waals surface area contributed by atoms with Crippen molar-refractivity contribution in [3.63, 3.8) is 0 Å². The maximum Gasteiger partial charge on any atom is 0.0314 e. The van der Waals surface area contributed by atoms with Crippen LogP contribution in [0.25, 0.3) is 0 Å². The lowest BCUT2D eigenvalue weighted by atomic mass is 9.90. The zero-order valence-corrected chi connectivity index (χ0v) is 9.45. The monoisotopic (exact) mass is 204 g/mol. The molecule has 0 saturated carbocycles. The van der Waals surface area contributed by atoms with Crippen molar-refractivity contribution in [2.45, 2.75) is 25.7 Å². The summed E-state index contributed by atoms with van der Waals surface area (Å²) in [4.78, 5) is 2.53. The molecule has 1 unspecified atom stereocenters. The first-order valence-electron chi connectivity index (χ1n) is 5.87. The van der Waals surface area contributed by atoms with E-state index in [1.165, 1.54) is 38.0 Å². The van der Waals surface area contributed by atoms with Gasteiger partial charge in [-0.05, 0) is 49.5 Å². The maximum atomic E-state index is 5.70. The second-order valence-corrected chi connectivity index (χ2v) is 4.40. The molecule has 1 heterocycles. The zero-order chi connectivity index (χ0) is 10.7. The Labute approximate surface area is 92.1 Å². The van der Waals surface area contributed by atoms with Gasteiger partial charge in [-0.25, -0.2) is 0 Å². The maximum absolute atomic E-state index is 5.70. The number of nitrogen functional groups attached to an aromatic ring is 1. The molecule has 2 nitrogen and oxygen atoms in total. The minimum Gasteiger partial charge on any atom is -0.399 e. The highest BCUT2D eigenvalue weighted by atomic mass is 15.1. The molecule has 1 aromatic carbocycles. The van der Waals surface area contributed by atoms with Gasteiger partial charge in [0.15, 0.2) is 0 Å². The fourth-order valence-electron chi connectivity index (χ4n) is 2.38. The molecule has 1 aliphatic rings. The van der Waals surface area contributed by atoms with E-state index in [4.69, 9.17) is 5.73 Å². The number of hydrogen-bond donors (Lipinski definition) is 1. The van der Waals surface area contributed by atoms with Crippen LogP contribution in [0.3, 0.4) is 0 Å². The van der Waals surface area contributed by atoms with Gasteiger partial charge in [-0.1, -0.05) is 19.1 Å². The highest BCUT2D eigenvalue weighted by Crippen LogP contribution is 2.27. The molecule has 0 aliphatic carbocycles. The first-order chi connectivity index (χ1) is 7.29. The van der Waals surface area contributed by atoms with Gasteiger partial charge in [0.25, 0.3) is 0 Å². The number of nitrogens with zero attached hydrogens (tertiary/aromatic N) is 1. The molecule has 1 atom stereocenters. The molecule has 1 aliphatic heterocycles. The van der Waals surface area contributed by atoms with Crippen molar-refractivity contribution >= 4 is 5.69 Å². The van der Waals surface area contributed by atoms with Crippen molar-refractivity contribution in [2.75, 3.05) is 25.4 Å². The molecular formula is C13H20N2. The first kappa shape index (κ1) is 10.5. The van der Waals surface area contributed by atoms with E-state index < -0.39 is 0 Å². The van der Waals surface area contributed by atoms with E-state index in [0.29, 0.717) is 5.92 Å². The van der Waals surface area contributed by atoms with Gasteiger partial charge in [-0.2, -0.15) is 0 Å². The average molecular weight is 204 g/mol. The molecule has 1 fully saturated rings. The minimum absolute atomic E-state index is 0.708. The third-order valence-electron chi connectivity index (χ3n) is 3.36. The van der Waals surface area contributed by atoms with Crippen molar-refractivity contribution in [1.82, 2.24) is 4.90 Å². The number of rotatable bonds is 2. The fraction of sp³-hybridized carbons (Fsp3) is 0.538. The number of likely N-dealkylation sites (N-methyl/N-ethyl adjacent to an activating group) is 1. The van der Waals surface area contributed by atoms with Gasteiger partial charge < -0.3 is 10.6 Å². The summed E-state index contributed by atoms with van der Waals surface area (Å²) in [7, 11) is 0. The lowest BCUT2D eigenvalue weighted by Gasteiger charge is -2.32. The summed E-state index contributed by atoms with van der Waals surface area (Å²) in [5, 5.41) is 0. The molecule has 0 amide bonds. The number of likely N-dealkylation sites (tertiary alicyclic amines) is 1. The average Bonchev–Trinajstić information content (AvgIpc) is 2.30. The van der Waals surface area contributed by atoms with Gasteiger partial charge in [-0.3, -0.25) is 0 Å². The van der Waals surface area contributed by atoms with Crippen molar-refractivity contribution in [3.8, 4) is 0 Å². The Kier molecular flexibility index (Phi) is 3.27. The lowest BCUT2D eigenvalue weighted by Crippen LogP contribution is -2.34. The normalized spacial score (nSPS) is 22.9. The summed E-state index contributed by atoms with van der Waals surface area (Å²) in [6.07, 6.45) is 2.64. The molecule has 82 valence electrons. The molecule has 15 heavy (non-hydrogen) atoms. The first-order valence-corrected chi connectivity index (χ1v) is 5.87. The number of benzene rings is 1. The van der Waals surface area contributed by atoms with E-state index in [0.717, 1.165) is 5.69 Å². The van der Waals surface area contributed by atoms with Crippen LogP contribution in [0.2, 0.25) is 0 Å². The van der Waals surface area contributed by atoms with Crippen LogP contribution < -0.4 is 5.73 Å². The van der Waals surface area contributed by atoms with Crippen LogP contribution >= 0.6 is 0 Å². The number of hydrogen-bond acceptors (Lipinski definition) is 2. The van der Waals surface area contributed by atoms with Crippen LogP contribution in [0.1, 0.15) is 31.2 Å². The van der Waals surface area contributed by atoms with Gasteiger partial charge in [0.05, 0.1) is 0 Å². The molecule has 1 saturated heterocycles. The highest BCUT2D eigenvalue weighted by molar-refractivity contribution is 5.40. The Balaban J connectivity index is 2.06. The van der Waals surface area contributed by atoms with Crippen LogP contribution in [0.15, 0.2) is 24.3 Å². The molecule has 0 aromatic heterocycles. The van der Waals surface area contributed by atoms with Gasteiger partial charge in [-0.15, -0.1) is 0 Å². The molecule has 0 radical (unpaired) electrons. The van der Waals surface area contributed by atoms with Gasteiger partial charge in [0, 0.05) is 12.2 Å². The third-order valence-corrected chi connectivity index (χ3v) is 3.36. The Morgan fingerprint density at radius 2 is 2.07 bits per heavy atom. The Hall–Kier alpha value is -1.02. The van der Waals surface area contributed by atoms with E-state index in [1.807, 2.05) is 12.1 Å². The van der Waals surface area contributed by atoms with Gasteiger partial charge in [0.2, 0.25) is 0 Å². The molecule has 0 bridgehead atoms. The number of anilines is 1. The predicted molar refractivity (Wildman–Crippen MR) is 64.9 cm³/mol. The quantitative estimate of drug-likeness (QED) is 0.750. The molecule has 0 spiro atoms. The highest BCUT2D eigenvalue weighted by Gasteiger charge is 2.19. The summed E-state index contributed by atoms with van der Waals surface area (Å²) < 4.78 is 0. The summed E-state index contributed by atoms with van der Waals surface area (Å²) >= 11 is 0. The zero-order valence-electron chi connectivity index (χ0n) is 9.45. The van der Waals surface area contributed by atoms with Crippen LogP contribution in [-0.2, 0) is 0 Å². The van der Waals surface area contributed by atoms with Crippen molar-refractivity contribution in [1.29, 1.82) is 0 Å². The molecule has 2 N–H and O–H groups in total. The standard InChI is InChI=1S/C13H20N2/c1-2-15-9-3-4-12(10-15)11-5-7-13(14)8-6-11/h5-8,12H,2-4,9-10,14H2,1H3. The number of nitrogens with two attached hydrogens (primary N) is 1. The molecule has 1 aromatic rings. The largest absolute Gasteiger partial charge is 0.399 e. The molecule has 2 rings (SSSR count). The number of piperidine rings is 1. The predicted octanol–water partition coefficient (Wildman–Crippen LogP) is 2.47. The van der Waals surface area contributed by atoms with Gasteiger partial charge >= 0.3 is 0 Å². The van der Waals surface area contributed by atoms with E-state index in [9.17, 15) is 0 Å². The Morgan fingerprint density at radius 3 is 2.73 bits per heavy atom.